The molecule has 0 atom stereocenters. The van der Waals surface area contributed by atoms with Gasteiger partial charge < -0.3 is 25.0 Å². The molecule has 0 heterocycles. The minimum atomic E-state index is -0.687. The second kappa shape index (κ2) is 10.8. The second-order valence-corrected chi connectivity index (χ2v) is 5.67. The summed E-state index contributed by atoms with van der Waals surface area (Å²) in [7, 11) is 1.47. The van der Waals surface area contributed by atoms with Crippen LogP contribution in [-0.2, 0) is 19.1 Å². The van der Waals surface area contributed by atoms with Gasteiger partial charge in [-0.3, -0.25) is 14.4 Å². The van der Waals surface area contributed by atoms with Crippen LogP contribution in [0.5, 0.6) is 5.75 Å². The Bertz CT molecular complexity index is 670. The zero-order valence-electron chi connectivity index (χ0n) is 15.8. The number of primary amides is 1. The van der Waals surface area contributed by atoms with Gasteiger partial charge in [-0.25, -0.2) is 4.79 Å². The third-order valence-corrected chi connectivity index (χ3v) is 3.71. The maximum absolute atomic E-state index is 12.0. The third kappa shape index (κ3) is 7.35. The molecule has 0 aliphatic carbocycles. The lowest BCUT2D eigenvalue weighted by Crippen LogP contribution is -2.42. The molecule has 0 unspecified atom stereocenters. The number of amides is 3. The highest BCUT2D eigenvalue weighted by Gasteiger charge is 2.18. The van der Waals surface area contributed by atoms with E-state index in [2.05, 4.69) is 0 Å². The zero-order valence-corrected chi connectivity index (χ0v) is 15.8. The Morgan fingerprint density at radius 1 is 0.963 bits per heavy atom. The van der Waals surface area contributed by atoms with E-state index in [4.69, 9.17) is 15.2 Å². The molecule has 1 aromatic carbocycles. The first-order valence-electron chi connectivity index (χ1n) is 8.48. The summed E-state index contributed by atoms with van der Waals surface area (Å²) in [5.74, 6) is -1.58. The van der Waals surface area contributed by atoms with Crippen molar-refractivity contribution >= 4 is 23.7 Å². The Morgan fingerprint density at radius 2 is 1.56 bits per heavy atom. The van der Waals surface area contributed by atoms with Crippen LogP contribution in [0.2, 0.25) is 0 Å². The van der Waals surface area contributed by atoms with E-state index in [1.807, 2.05) is 13.8 Å². The number of esters is 1. The van der Waals surface area contributed by atoms with Crippen molar-refractivity contribution in [1.29, 1.82) is 0 Å². The third-order valence-electron chi connectivity index (χ3n) is 3.71. The van der Waals surface area contributed by atoms with Gasteiger partial charge in [0.05, 0.1) is 12.1 Å². The van der Waals surface area contributed by atoms with Crippen molar-refractivity contribution in [2.75, 3.05) is 39.9 Å². The fourth-order valence-corrected chi connectivity index (χ4v) is 2.13. The maximum atomic E-state index is 12.0. The predicted octanol–water partition coefficient (Wildman–Crippen LogP) is 0.0343. The highest BCUT2D eigenvalue weighted by Crippen LogP contribution is 2.13. The van der Waals surface area contributed by atoms with E-state index in [1.54, 1.807) is 4.90 Å². The fraction of sp³-hybridized carbons (Fsp3) is 0.444. The van der Waals surface area contributed by atoms with E-state index in [0.717, 1.165) is 0 Å². The van der Waals surface area contributed by atoms with Crippen LogP contribution in [0.3, 0.4) is 0 Å². The van der Waals surface area contributed by atoms with Crippen LogP contribution < -0.4 is 10.5 Å². The van der Waals surface area contributed by atoms with Crippen LogP contribution in [-0.4, -0.2) is 73.4 Å². The standard InChI is InChI=1S/C18H25N3O6/c1-4-21(5-2)16(23)10-20(3)17(24)12-27-18(25)13-6-8-14(9-7-13)26-11-15(19)22/h6-9H,4-5,10-12H2,1-3H3,(H2,19,22). The van der Waals surface area contributed by atoms with E-state index in [1.165, 1.54) is 36.2 Å². The molecule has 0 saturated carbocycles. The monoisotopic (exact) mass is 379 g/mol. The number of rotatable bonds is 10. The summed E-state index contributed by atoms with van der Waals surface area (Å²) in [6.45, 7) is 4.02. The number of likely N-dealkylation sites (N-methyl/N-ethyl adjacent to an activating group) is 2. The van der Waals surface area contributed by atoms with E-state index in [9.17, 15) is 19.2 Å². The van der Waals surface area contributed by atoms with Crippen molar-refractivity contribution in [2.24, 2.45) is 5.73 Å². The minimum Gasteiger partial charge on any atom is -0.484 e. The smallest absolute Gasteiger partial charge is 0.338 e. The number of hydrogen-bond donors (Lipinski definition) is 1. The average Bonchev–Trinajstić information content (AvgIpc) is 2.65. The van der Waals surface area contributed by atoms with Gasteiger partial charge in [0.15, 0.2) is 13.2 Å². The summed E-state index contributed by atoms with van der Waals surface area (Å²) in [5, 5.41) is 0. The van der Waals surface area contributed by atoms with Gasteiger partial charge in [-0.1, -0.05) is 0 Å². The lowest BCUT2D eigenvalue weighted by molar-refractivity contribution is -0.140. The molecule has 9 nitrogen and oxygen atoms in total. The zero-order chi connectivity index (χ0) is 20.4. The van der Waals surface area contributed by atoms with Gasteiger partial charge in [0.1, 0.15) is 5.75 Å². The Kier molecular flexibility index (Phi) is 8.77. The molecule has 0 aliphatic rings. The highest BCUT2D eigenvalue weighted by atomic mass is 16.5. The van der Waals surface area contributed by atoms with Crippen LogP contribution in [0.4, 0.5) is 0 Å². The molecule has 0 spiro atoms. The van der Waals surface area contributed by atoms with Gasteiger partial charge in [0.2, 0.25) is 5.91 Å². The lowest BCUT2D eigenvalue weighted by atomic mass is 10.2. The predicted molar refractivity (Wildman–Crippen MR) is 97.0 cm³/mol. The van der Waals surface area contributed by atoms with E-state index in [-0.39, 0.29) is 24.6 Å². The summed E-state index contributed by atoms with van der Waals surface area (Å²) in [4.78, 5) is 49.5. The van der Waals surface area contributed by atoms with Crippen molar-refractivity contribution in [1.82, 2.24) is 9.80 Å². The van der Waals surface area contributed by atoms with Crippen molar-refractivity contribution in [3.63, 3.8) is 0 Å². The van der Waals surface area contributed by atoms with Gasteiger partial charge in [-0.15, -0.1) is 0 Å². The molecule has 0 aromatic heterocycles. The number of nitrogens with zero attached hydrogens (tertiary/aromatic N) is 2. The summed E-state index contributed by atoms with van der Waals surface area (Å²) in [5.41, 5.74) is 5.19. The van der Waals surface area contributed by atoms with Gasteiger partial charge in [0, 0.05) is 20.1 Å². The molecular weight excluding hydrogens is 354 g/mol. The minimum absolute atomic E-state index is 0.0794. The Hall–Kier alpha value is -3.10. The average molecular weight is 379 g/mol. The first-order chi connectivity index (χ1) is 12.8. The number of benzene rings is 1. The number of carbonyl (C=O) groups excluding carboxylic acids is 4. The lowest BCUT2D eigenvalue weighted by Gasteiger charge is -2.23. The topological polar surface area (TPSA) is 119 Å². The summed E-state index contributed by atoms with van der Waals surface area (Å²) in [6, 6.07) is 5.85. The molecule has 0 aliphatic heterocycles. The van der Waals surface area contributed by atoms with Crippen LogP contribution >= 0.6 is 0 Å². The molecule has 0 bridgehead atoms. The fourth-order valence-electron chi connectivity index (χ4n) is 2.13. The molecular formula is C18H25N3O6. The van der Waals surface area contributed by atoms with Gasteiger partial charge in [-0.2, -0.15) is 0 Å². The van der Waals surface area contributed by atoms with Crippen molar-refractivity contribution in [3.8, 4) is 5.75 Å². The Balaban J connectivity index is 2.49. The summed E-state index contributed by atoms with van der Waals surface area (Å²) >= 11 is 0. The molecule has 0 fully saturated rings. The first-order valence-corrected chi connectivity index (χ1v) is 8.48. The highest BCUT2D eigenvalue weighted by molar-refractivity contribution is 5.92. The summed E-state index contributed by atoms with van der Waals surface area (Å²) in [6.07, 6.45) is 0. The molecule has 0 saturated heterocycles. The quantitative estimate of drug-likeness (QED) is 0.573. The normalized spacial score (nSPS) is 10.0. The van der Waals surface area contributed by atoms with Crippen molar-refractivity contribution in [2.45, 2.75) is 13.8 Å². The number of hydrogen-bond acceptors (Lipinski definition) is 6. The van der Waals surface area contributed by atoms with E-state index < -0.39 is 24.4 Å². The van der Waals surface area contributed by atoms with Crippen LogP contribution in [0.1, 0.15) is 24.2 Å². The molecule has 27 heavy (non-hydrogen) atoms. The molecule has 148 valence electrons. The first kappa shape index (κ1) is 21.9. The molecule has 2 N–H and O–H groups in total. The Labute approximate surface area is 158 Å². The van der Waals surface area contributed by atoms with Crippen LogP contribution in [0.25, 0.3) is 0 Å². The van der Waals surface area contributed by atoms with Crippen LogP contribution in [0.15, 0.2) is 24.3 Å². The van der Waals surface area contributed by atoms with Crippen LogP contribution in [0, 0.1) is 0 Å². The molecule has 0 radical (unpaired) electrons. The molecule has 3 amide bonds. The number of ether oxygens (including phenoxy) is 2. The molecule has 1 aromatic rings. The Morgan fingerprint density at radius 3 is 2.07 bits per heavy atom. The van der Waals surface area contributed by atoms with Gasteiger partial charge >= 0.3 is 5.97 Å². The van der Waals surface area contributed by atoms with Crippen molar-refractivity contribution < 1.29 is 28.7 Å². The van der Waals surface area contributed by atoms with Gasteiger partial charge in [0.25, 0.3) is 11.8 Å². The van der Waals surface area contributed by atoms with E-state index in [0.29, 0.717) is 18.8 Å². The summed E-state index contributed by atoms with van der Waals surface area (Å²) < 4.78 is 10.1. The number of carbonyl (C=O) groups is 4. The molecule has 1 rings (SSSR count). The number of nitrogens with two attached hydrogens (primary N) is 1. The van der Waals surface area contributed by atoms with E-state index >= 15 is 0 Å². The SMILES string of the molecule is CCN(CC)C(=O)CN(C)C(=O)COC(=O)c1ccc(OCC(N)=O)cc1. The second-order valence-electron chi connectivity index (χ2n) is 5.67. The van der Waals surface area contributed by atoms with Crippen molar-refractivity contribution in [3.05, 3.63) is 29.8 Å². The largest absolute Gasteiger partial charge is 0.484 e. The van der Waals surface area contributed by atoms with Gasteiger partial charge in [-0.05, 0) is 38.1 Å². The molecule has 9 heteroatoms. The maximum Gasteiger partial charge on any atom is 0.338 e.